The molecular formula is C19H22ClN3O3S2. The first-order valence-corrected chi connectivity index (χ1v) is 12.1. The van der Waals surface area contributed by atoms with Crippen molar-refractivity contribution in [3.8, 4) is 0 Å². The first kappa shape index (κ1) is 21.1. The van der Waals surface area contributed by atoms with Crippen LogP contribution in [0.15, 0.2) is 41.7 Å². The van der Waals surface area contributed by atoms with Gasteiger partial charge in [-0.1, -0.05) is 67.5 Å². The van der Waals surface area contributed by atoms with Crippen LogP contribution in [0.3, 0.4) is 0 Å². The molecule has 1 amide bonds. The number of halogens is 1. The second kappa shape index (κ2) is 8.80. The third kappa shape index (κ3) is 5.24. The Morgan fingerprint density at radius 3 is 2.64 bits per heavy atom. The zero-order valence-corrected chi connectivity index (χ0v) is 18.1. The highest BCUT2D eigenvalue weighted by molar-refractivity contribution is 7.99. The fourth-order valence-electron chi connectivity index (χ4n) is 3.07. The second-order valence-electron chi connectivity index (χ2n) is 6.99. The summed E-state index contributed by atoms with van der Waals surface area (Å²) < 4.78 is 24.0. The van der Waals surface area contributed by atoms with Crippen molar-refractivity contribution in [2.24, 2.45) is 0 Å². The molecule has 0 bridgehead atoms. The Hall–Kier alpha value is -1.64. The van der Waals surface area contributed by atoms with Crippen LogP contribution in [0.25, 0.3) is 0 Å². The van der Waals surface area contributed by atoms with E-state index in [0.29, 0.717) is 18.1 Å². The van der Waals surface area contributed by atoms with Crippen molar-refractivity contribution in [3.05, 3.63) is 52.8 Å². The van der Waals surface area contributed by atoms with Crippen molar-refractivity contribution in [2.75, 3.05) is 11.5 Å². The first-order valence-electron chi connectivity index (χ1n) is 8.99. The monoisotopic (exact) mass is 439 g/mol. The summed E-state index contributed by atoms with van der Waals surface area (Å²) in [5.74, 6) is -0.326. The highest BCUT2D eigenvalue weighted by atomic mass is 35.5. The summed E-state index contributed by atoms with van der Waals surface area (Å²) in [6.45, 7) is 4.32. The van der Waals surface area contributed by atoms with E-state index in [4.69, 9.17) is 11.6 Å². The molecule has 2 heterocycles. The summed E-state index contributed by atoms with van der Waals surface area (Å²) in [5.41, 5.74) is 1.03. The SMILES string of the molecule is CC(C)Sc1ncc(Cl)c(C(=O)N(Cc2ccccc2)[C@H]2CCS(=O)(=O)C2)n1. The highest BCUT2D eigenvalue weighted by Crippen LogP contribution is 2.26. The third-order valence-corrected chi connectivity index (χ3v) is 7.28. The molecule has 0 spiro atoms. The Kier molecular flexibility index (Phi) is 6.62. The molecule has 1 aromatic carbocycles. The van der Waals surface area contributed by atoms with E-state index in [-0.39, 0.29) is 33.4 Å². The van der Waals surface area contributed by atoms with Crippen molar-refractivity contribution in [2.45, 2.75) is 43.3 Å². The van der Waals surface area contributed by atoms with Crippen LogP contribution in [0, 0.1) is 0 Å². The van der Waals surface area contributed by atoms with Gasteiger partial charge in [-0.05, 0) is 12.0 Å². The van der Waals surface area contributed by atoms with Gasteiger partial charge in [-0.2, -0.15) is 0 Å². The van der Waals surface area contributed by atoms with Crippen molar-refractivity contribution in [1.82, 2.24) is 14.9 Å². The van der Waals surface area contributed by atoms with Crippen LogP contribution in [0.2, 0.25) is 5.02 Å². The van der Waals surface area contributed by atoms with E-state index >= 15 is 0 Å². The molecule has 0 aliphatic carbocycles. The summed E-state index contributed by atoms with van der Waals surface area (Å²) in [5, 5.41) is 0.892. The number of amides is 1. The Labute approximate surface area is 174 Å². The van der Waals surface area contributed by atoms with Crippen molar-refractivity contribution < 1.29 is 13.2 Å². The number of aromatic nitrogens is 2. The summed E-state index contributed by atoms with van der Waals surface area (Å²) in [6.07, 6.45) is 1.84. The maximum atomic E-state index is 13.4. The summed E-state index contributed by atoms with van der Waals surface area (Å²) in [4.78, 5) is 23.5. The number of nitrogens with zero attached hydrogens (tertiary/aromatic N) is 3. The van der Waals surface area contributed by atoms with Crippen molar-refractivity contribution in [3.63, 3.8) is 0 Å². The van der Waals surface area contributed by atoms with Gasteiger partial charge in [0, 0.05) is 17.8 Å². The number of benzene rings is 1. The van der Waals surface area contributed by atoms with Gasteiger partial charge in [-0.15, -0.1) is 0 Å². The summed E-state index contributed by atoms with van der Waals surface area (Å²) in [7, 11) is -3.15. The topological polar surface area (TPSA) is 80.2 Å². The Morgan fingerprint density at radius 1 is 1.32 bits per heavy atom. The molecule has 1 aliphatic rings. The largest absolute Gasteiger partial charge is 0.329 e. The Morgan fingerprint density at radius 2 is 2.04 bits per heavy atom. The minimum absolute atomic E-state index is 0.0398. The molecule has 2 aromatic rings. The van der Waals surface area contributed by atoms with Crippen LogP contribution in [-0.4, -0.2) is 52.0 Å². The lowest BCUT2D eigenvalue weighted by molar-refractivity contribution is 0.0674. The molecular weight excluding hydrogens is 418 g/mol. The molecule has 28 heavy (non-hydrogen) atoms. The molecule has 1 aromatic heterocycles. The van der Waals surface area contributed by atoms with Crippen LogP contribution >= 0.6 is 23.4 Å². The number of hydrogen-bond donors (Lipinski definition) is 0. The average molecular weight is 440 g/mol. The van der Waals surface area contributed by atoms with Crippen LogP contribution in [0.5, 0.6) is 0 Å². The molecule has 0 saturated carbocycles. The van der Waals surface area contributed by atoms with Gasteiger partial charge in [0.15, 0.2) is 20.7 Å². The van der Waals surface area contributed by atoms with E-state index in [1.165, 1.54) is 18.0 Å². The fourth-order valence-corrected chi connectivity index (χ4v) is 5.65. The van der Waals surface area contributed by atoms with E-state index in [2.05, 4.69) is 9.97 Å². The van der Waals surface area contributed by atoms with Crippen molar-refractivity contribution in [1.29, 1.82) is 0 Å². The van der Waals surface area contributed by atoms with E-state index < -0.39 is 15.9 Å². The van der Waals surface area contributed by atoms with Crippen molar-refractivity contribution >= 4 is 39.1 Å². The minimum atomic E-state index is -3.15. The zero-order chi connectivity index (χ0) is 20.3. The average Bonchev–Trinajstić information content (AvgIpc) is 3.01. The van der Waals surface area contributed by atoms with Gasteiger partial charge in [0.2, 0.25) is 0 Å². The van der Waals surface area contributed by atoms with Crippen LogP contribution in [0.4, 0.5) is 0 Å². The molecule has 1 saturated heterocycles. The second-order valence-corrected chi connectivity index (χ2v) is 11.2. The predicted octanol–water partition coefficient (Wildman–Crippen LogP) is 3.46. The Bertz CT molecular complexity index is 952. The van der Waals surface area contributed by atoms with Crippen LogP contribution in [-0.2, 0) is 16.4 Å². The fraction of sp³-hybridized carbons (Fsp3) is 0.421. The normalized spacial score (nSPS) is 18.4. The lowest BCUT2D eigenvalue weighted by Crippen LogP contribution is -2.41. The molecule has 1 atom stereocenters. The van der Waals surface area contributed by atoms with E-state index in [1.54, 1.807) is 4.90 Å². The zero-order valence-electron chi connectivity index (χ0n) is 15.7. The predicted molar refractivity (Wildman–Crippen MR) is 111 cm³/mol. The highest BCUT2D eigenvalue weighted by Gasteiger charge is 2.36. The smallest absolute Gasteiger partial charge is 0.274 e. The molecule has 0 N–H and O–H groups in total. The van der Waals surface area contributed by atoms with Gasteiger partial charge in [0.25, 0.3) is 5.91 Å². The van der Waals surface area contributed by atoms with Gasteiger partial charge in [0.05, 0.1) is 22.7 Å². The molecule has 0 radical (unpaired) electrons. The number of rotatable bonds is 6. The third-order valence-electron chi connectivity index (χ3n) is 4.37. The number of sulfone groups is 1. The Balaban J connectivity index is 1.94. The van der Waals surface area contributed by atoms with E-state index in [1.807, 2.05) is 44.2 Å². The molecule has 3 rings (SSSR count). The van der Waals surface area contributed by atoms with Gasteiger partial charge < -0.3 is 4.90 Å². The first-order chi connectivity index (χ1) is 13.2. The summed E-state index contributed by atoms with van der Waals surface area (Å²) >= 11 is 7.68. The molecule has 6 nitrogen and oxygen atoms in total. The standard InChI is InChI=1S/C19H22ClN3O3S2/c1-13(2)27-19-21-10-16(20)17(22-19)18(24)23(11-14-6-4-3-5-7-14)15-8-9-28(25,26)12-15/h3-7,10,13,15H,8-9,11-12H2,1-2H3/t15-/m0/s1. The maximum Gasteiger partial charge on any atom is 0.274 e. The molecule has 1 aliphatic heterocycles. The van der Waals surface area contributed by atoms with Gasteiger partial charge >= 0.3 is 0 Å². The van der Waals surface area contributed by atoms with Crippen LogP contribution < -0.4 is 0 Å². The minimum Gasteiger partial charge on any atom is -0.329 e. The molecule has 1 fully saturated rings. The van der Waals surface area contributed by atoms with E-state index in [0.717, 1.165) is 5.56 Å². The summed E-state index contributed by atoms with van der Waals surface area (Å²) in [6, 6.07) is 9.09. The van der Waals surface area contributed by atoms with Crippen LogP contribution in [0.1, 0.15) is 36.3 Å². The maximum absolute atomic E-state index is 13.4. The number of hydrogen-bond acceptors (Lipinski definition) is 6. The molecule has 150 valence electrons. The quantitative estimate of drug-likeness (QED) is 0.506. The van der Waals surface area contributed by atoms with E-state index in [9.17, 15) is 13.2 Å². The lowest BCUT2D eigenvalue weighted by atomic mass is 10.1. The number of carbonyl (C=O) groups excluding carboxylic acids is 1. The molecule has 9 heteroatoms. The van der Waals surface area contributed by atoms with Gasteiger partial charge in [-0.25, -0.2) is 18.4 Å². The van der Waals surface area contributed by atoms with Gasteiger partial charge in [0.1, 0.15) is 0 Å². The van der Waals surface area contributed by atoms with Gasteiger partial charge in [-0.3, -0.25) is 4.79 Å². The lowest BCUT2D eigenvalue weighted by Gasteiger charge is -2.28. The number of thioether (sulfide) groups is 1. The molecule has 0 unspecified atom stereocenters. The number of carbonyl (C=O) groups is 1.